The zero-order chi connectivity index (χ0) is 7.15. The van der Waals surface area contributed by atoms with Gasteiger partial charge in [-0.15, -0.1) is 0 Å². The third-order valence-electron chi connectivity index (χ3n) is 0. The molecule has 0 aromatic rings. The van der Waals surface area contributed by atoms with Crippen LogP contribution < -0.4 is 71.8 Å². The fourth-order valence-corrected chi connectivity index (χ4v) is 0. The van der Waals surface area contributed by atoms with Crippen molar-refractivity contribution in [2.24, 2.45) is 0 Å². The van der Waals surface area contributed by atoms with Crippen LogP contribution in [-0.2, 0) is 0 Å². The second-order valence-electron chi connectivity index (χ2n) is 0.500. The molecule has 8 heteroatoms. The molecule has 0 aliphatic heterocycles. The van der Waals surface area contributed by atoms with Crippen LogP contribution in [0.4, 0.5) is 9.59 Å². The molecule has 0 saturated heterocycles. The Balaban J connectivity index is -0.0000000300. The molecular formula is C2BiKO6. The van der Waals surface area contributed by atoms with Gasteiger partial charge in [0.05, 0.1) is 0 Å². The van der Waals surface area contributed by atoms with Crippen LogP contribution >= 0.6 is 0 Å². The molecule has 10 heavy (non-hydrogen) atoms. The number of carbonyl (C=O) groups is 2. The predicted octanol–water partition coefficient (Wildman–Crippen LogP) is -8.27. The summed E-state index contributed by atoms with van der Waals surface area (Å²) in [5, 5.41) is 33.3. The molecule has 0 unspecified atom stereocenters. The van der Waals surface area contributed by atoms with Crippen LogP contribution in [-0.4, -0.2) is 38.5 Å². The Morgan fingerprint density at radius 2 is 0.800 bits per heavy atom. The molecule has 0 saturated carbocycles. The summed E-state index contributed by atoms with van der Waals surface area (Å²) in [7, 11) is 0. The van der Waals surface area contributed by atoms with E-state index in [9.17, 15) is 0 Å². The number of carboxylic acid groups (broad SMARTS) is 4. The first-order valence-corrected chi connectivity index (χ1v) is 1.22. The van der Waals surface area contributed by atoms with Crippen molar-refractivity contribution >= 4 is 38.5 Å². The van der Waals surface area contributed by atoms with E-state index in [-0.39, 0.29) is 77.6 Å². The Morgan fingerprint density at radius 1 is 0.800 bits per heavy atom. The van der Waals surface area contributed by atoms with Crippen LogP contribution in [0.15, 0.2) is 0 Å². The maximum atomic E-state index is 8.33. The maximum absolute atomic E-state index is 8.33. The van der Waals surface area contributed by atoms with Crippen molar-refractivity contribution in [3.8, 4) is 0 Å². The van der Waals surface area contributed by atoms with Crippen molar-refractivity contribution < 1.29 is 81.4 Å². The molecule has 0 fully saturated rings. The minimum Gasteiger partial charge on any atom is -0.652 e. The molecule has 0 bridgehead atoms. The monoisotopic (exact) mass is 368 g/mol. The fraction of sp³-hybridized carbons (Fsp3) is 0. The Hall–Kier alpha value is 1.06. The average Bonchev–Trinajstić information content (AvgIpc) is 1.25. The van der Waals surface area contributed by atoms with Crippen molar-refractivity contribution in [1.82, 2.24) is 0 Å². The molecule has 0 aliphatic rings. The first-order chi connectivity index (χ1) is 3.46. The molecule has 0 aliphatic carbocycles. The van der Waals surface area contributed by atoms with E-state index in [1.54, 1.807) is 0 Å². The minimum absolute atomic E-state index is 0. The third-order valence-corrected chi connectivity index (χ3v) is 0. The first-order valence-electron chi connectivity index (χ1n) is 1.22. The minimum atomic E-state index is -2.33. The number of carbonyl (C=O) groups excluding carboxylic acids is 2. The van der Waals surface area contributed by atoms with Gasteiger partial charge in [0.2, 0.25) is 0 Å². The van der Waals surface area contributed by atoms with Gasteiger partial charge in [0.15, 0.2) is 0 Å². The zero-order valence-corrected chi connectivity index (χ0v) is 11.5. The van der Waals surface area contributed by atoms with Gasteiger partial charge in [-0.3, -0.25) is 0 Å². The van der Waals surface area contributed by atoms with Gasteiger partial charge in [0.1, 0.15) is 0 Å². The van der Waals surface area contributed by atoms with Crippen LogP contribution in [0.5, 0.6) is 0 Å². The van der Waals surface area contributed by atoms with Crippen molar-refractivity contribution in [3.63, 3.8) is 0 Å². The molecular weight excluding hydrogens is 368 g/mol. The van der Waals surface area contributed by atoms with Crippen LogP contribution in [0.25, 0.3) is 0 Å². The SMILES string of the molecule is O=C([O-])[O-].O=C([O-])[O-].[Bi+3].[K+]. The number of hydrogen-bond acceptors (Lipinski definition) is 6. The van der Waals surface area contributed by atoms with E-state index >= 15 is 0 Å². The normalized spacial score (nSPS) is 4.80. The fourth-order valence-electron chi connectivity index (χ4n) is 0. The summed E-state index contributed by atoms with van der Waals surface area (Å²) < 4.78 is 0. The summed E-state index contributed by atoms with van der Waals surface area (Å²) in [4.78, 5) is 16.7. The van der Waals surface area contributed by atoms with E-state index in [2.05, 4.69) is 0 Å². The van der Waals surface area contributed by atoms with Gasteiger partial charge in [-0.25, -0.2) is 0 Å². The summed E-state index contributed by atoms with van der Waals surface area (Å²) in [6, 6.07) is 0. The van der Waals surface area contributed by atoms with Gasteiger partial charge in [0.25, 0.3) is 0 Å². The van der Waals surface area contributed by atoms with Crippen molar-refractivity contribution in [1.29, 1.82) is 0 Å². The molecule has 0 spiro atoms. The molecule has 50 valence electrons. The number of rotatable bonds is 0. The Morgan fingerprint density at radius 3 is 0.800 bits per heavy atom. The summed E-state index contributed by atoms with van der Waals surface area (Å²) in [6.45, 7) is 0. The molecule has 0 atom stereocenters. The van der Waals surface area contributed by atoms with Crippen LogP contribution in [0.2, 0.25) is 0 Å². The van der Waals surface area contributed by atoms with Gasteiger partial charge in [0, 0.05) is 0 Å². The maximum Gasteiger partial charge on any atom is 3.00 e. The first kappa shape index (κ1) is 22.5. The van der Waals surface area contributed by atoms with E-state index in [4.69, 9.17) is 30.0 Å². The molecule has 0 amide bonds. The van der Waals surface area contributed by atoms with Gasteiger partial charge >= 0.3 is 77.6 Å². The molecule has 2 radical (unpaired) electrons. The molecule has 0 N–H and O–H groups in total. The predicted molar refractivity (Wildman–Crippen MR) is 16.5 cm³/mol. The van der Waals surface area contributed by atoms with E-state index in [1.165, 1.54) is 0 Å². The van der Waals surface area contributed by atoms with Crippen molar-refractivity contribution in [2.45, 2.75) is 0 Å². The van der Waals surface area contributed by atoms with Gasteiger partial charge < -0.3 is 30.0 Å². The smallest absolute Gasteiger partial charge is 0.652 e. The Labute approximate surface area is 118 Å². The van der Waals surface area contributed by atoms with E-state index in [0.29, 0.717) is 0 Å². The molecule has 0 heterocycles. The Bertz CT molecular complexity index is 73.7. The van der Waals surface area contributed by atoms with Gasteiger partial charge in [-0.1, -0.05) is 0 Å². The summed E-state index contributed by atoms with van der Waals surface area (Å²) in [6.07, 6.45) is -4.67. The number of hydrogen-bond donors (Lipinski definition) is 0. The zero-order valence-electron chi connectivity index (χ0n) is 4.90. The van der Waals surface area contributed by atoms with Gasteiger partial charge in [-0.2, -0.15) is 0 Å². The second-order valence-corrected chi connectivity index (χ2v) is 0.500. The largest absolute Gasteiger partial charge is 3.00 e. The second kappa shape index (κ2) is 16.6. The van der Waals surface area contributed by atoms with Crippen LogP contribution in [0.3, 0.4) is 0 Å². The van der Waals surface area contributed by atoms with Crippen molar-refractivity contribution in [3.05, 3.63) is 0 Å². The topological polar surface area (TPSA) is 126 Å². The van der Waals surface area contributed by atoms with Crippen LogP contribution in [0.1, 0.15) is 0 Å². The van der Waals surface area contributed by atoms with Gasteiger partial charge in [-0.05, 0) is 12.3 Å². The molecule has 0 rings (SSSR count). The van der Waals surface area contributed by atoms with E-state index in [0.717, 1.165) is 0 Å². The quantitative estimate of drug-likeness (QED) is 0.391. The van der Waals surface area contributed by atoms with Crippen LogP contribution in [0, 0.1) is 0 Å². The molecule has 0 aromatic heterocycles. The van der Waals surface area contributed by atoms with E-state index in [1.807, 2.05) is 0 Å². The molecule has 6 nitrogen and oxygen atoms in total. The molecule has 0 aromatic carbocycles. The van der Waals surface area contributed by atoms with E-state index < -0.39 is 12.3 Å². The summed E-state index contributed by atoms with van der Waals surface area (Å²) in [5.74, 6) is 0. The average molecular weight is 368 g/mol. The Kier molecular flexibility index (Phi) is 37.2. The standard InChI is InChI=1S/2CH2O3.Bi.K/c2*2-1(3)4;;/h2*(H2,2,3,4);;/q;;+3;+1/p-4. The van der Waals surface area contributed by atoms with Crippen molar-refractivity contribution in [2.75, 3.05) is 0 Å². The summed E-state index contributed by atoms with van der Waals surface area (Å²) >= 11 is 0. The summed E-state index contributed by atoms with van der Waals surface area (Å²) in [5.41, 5.74) is 0. The third kappa shape index (κ3) is 524.